The molecule has 0 saturated carbocycles. The van der Waals surface area contributed by atoms with Crippen LogP contribution in [0.15, 0.2) is 35.3 Å². The van der Waals surface area contributed by atoms with Crippen molar-refractivity contribution in [3.63, 3.8) is 0 Å². The molecule has 0 atom stereocenters. The summed E-state index contributed by atoms with van der Waals surface area (Å²) < 4.78 is 5.29. The predicted molar refractivity (Wildman–Crippen MR) is 113 cm³/mol. The third kappa shape index (κ3) is 6.60. The molecule has 1 aromatic heterocycles. The van der Waals surface area contributed by atoms with Crippen molar-refractivity contribution in [3.05, 3.63) is 45.6 Å². The van der Waals surface area contributed by atoms with Crippen molar-refractivity contribution in [2.75, 3.05) is 19.0 Å². The Kier molecular flexibility index (Phi) is 8.13. The zero-order valence-corrected chi connectivity index (χ0v) is 17.2. The standard InChI is InChI=1S/C20H28N4O2S/c1-5-16-8-9-17(27-16)13-23-20(21-6-2)22-12-15-7-10-19(26-4)18(11-15)24-14(3)25/h7-11H,5-6,12-13H2,1-4H3,(H,24,25)(H2,21,22,23). The summed E-state index contributed by atoms with van der Waals surface area (Å²) in [6, 6.07) is 10.0. The van der Waals surface area contributed by atoms with E-state index in [2.05, 4.69) is 40.0 Å². The number of aliphatic imine (C=N–C) groups is 1. The Morgan fingerprint density at radius 1 is 1.15 bits per heavy atom. The highest BCUT2D eigenvalue weighted by Gasteiger charge is 2.07. The zero-order valence-electron chi connectivity index (χ0n) is 16.4. The number of nitrogens with zero attached hydrogens (tertiary/aromatic N) is 1. The van der Waals surface area contributed by atoms with Crippen LogP contribution >= 0.6 is 11.3 Å². The summed E-state index contributed by atoms with van der Waals surface area (Å²) in [5, 5.41) is 9.42. The van der Waals surface area contributed by atoms with Crippen molar-refractivity contribution in [2.45, 2.75) is 40.3 Å². The van der Waals surface area contributed by atoms with Crippen LogP contribution in [-0.4, -0.2) is 25.5 Å². The molecule has 0 bridgehead atoms. The second-order valence-electron chi connectivity index (χ2n) is 5.99. The third-order valence-corrected chi connectivity index (χ3v) is 5.06. The van der Waals surface area contributed by atoms with Crippen molar-refractivity contribution in [3.8, 4) is 5.75 Å². The monoisotopic (exact) mass is 388 g/mol. The number of rotatable bonds is 8. The van der Waals surface area contributed by atoms with E-state index in [0.29, 0.717) is 18.0 Å². The number of thiophene rings is 1. The van der Waals surface area contributed by atoms with E-state index in [4.69, 9.17) is 4.74 Å². The Balaban J connectivity index is 2.05. The molecule has 2 aromatic rings. The summed E-state index contributed by atoms with van der Waals surface area (Å²) in [7, 11) is 1.58. The van der Waals surface area contributed by atoms with Gasteiger partial charge >= 0.3 is 0 Å². The van der Waals surface area contributed by atoms with E-state index in [1.54, 1.807) is 7.11 Å². The molecular formula is C20H28N4O2S. The van der Waals surface area contributed by atoms with Gasteiger partial charge in [0.05, 0.1) is 25.9 Å². The summed E-state index contributed by atoms with van der Waals surface area (Å²) in [6.07, 6.45) is 1.06. The molecule has 0 fully saturated rings. The lowest BCUT2D eigenvalue weighted by atomic mass is 10.2. The summed E-state index contributed by atoms with van der Waals surface area (Å²) >= 11 is 1.82. The van der Waals surface area contributed by atoms with Gasteiger partial charge in [-0.1, -0.05) is 13.0 Å². The Labute approximate surface area is 165 Å². The fourth-order valence-corrected chi connectivity index (χ4v) is 3.43. The number of guanidine groups is 1. The van der Waals surface area contributed by atoms with Crippen molar-refractivity contribution in [1.82, 2.24) is 10.6 Å². The van der Waals surface area contributed by atoms with Crippen LogP contribution in [0.2, 0.25) is 0 Å². The van der Waals surface area contributed by atoms with Crippen LogP contribution < -0.4 is 20.7 Å². The maximum Gasteiger partial charge on any atom is 0.221 e. The van der Waals surface area contributed by atoms with E-state index in [9.17, 15) is 4.79 Å². The van der Waals surface area contributed by atoms with Crippen molar-refractivity contribution in [1.29, 1.82) is 0 Å². The van der Waals surface area contributed by atoms with Crippen LogP contribution in [0.4, 0.5) is 5.69 Å². The van der Waals surface area contributed by atoms with Crippen LogP contribution in [0.25, 0.3) is 0 Å². The van der Waals surface area contributed by atoms with Gasteiger partial charge in [-0.2, -0.15) is 0 Å². The Hall–Kier alpha value is -2.54. The van der Waals surface area contributed by atoms with Gasteiger partial charge in [0, 0.05) is 23.2 Å². The number of anilines is 1. The molecule has 7 heteroatoms. The van der Waals surface area contributed by atoms with Crippen LogP contribution in [0.3, 0.4) is 0 Å². The van der Waals surface area contributed by atoms with Gasteiger partial charge in [0.15, 0.2) is 5.96 Å². The molecule has 0 aliphatic heterocycles. The van der Waals surface area contributed by atoms with E-state index < -0.39 is 0 Å². The summed E-state index contributed by atoms with van der Waals surface area (Å²) in [5.41, 5.74) is 1.64. The molecule has 2 rings (SSSR count). The molecule has 0 aliphatic carbocycles. The average Bonchev–Trinajstić information content (AvgIpc) is 3.12. The smallest absolute Gasteiger partial charge is 0.221 e. The van der Waals surface area contributed by atoms with E-state index in [1.807, 2.05) is 36.5 Å². The SMILES string of the molecule is CCNC(=NCc1ccc(OC)c(NC(C)=O)c1)NCc1ccc(CC)s1. The fraction of sp³-hybridized carbons (Fsp3) is 0.400. The molecule has 1 heterocycles. The number of hydrogen-bond donors (Lipinski definition) is 3. The Bertz CT molecular complexity index is 786. The molecule has 146 valence electrons. The van der Waals surface area contributed by atoms with Crippen molar-refractivity contribution < 1.29 is 9.53 Å². The molecular weight excluding hydrogens is 360 g/mol. The number of amides is 1. The average molecular weight is 389 g/mol. The molecule has 1 aromatic carbocycles. The summed E-state index contributed by atoms with van der Waals surface area (Å²) in [6.45, 7) is 7.72. The first-order chi connectivity index (χ1) is 13.0. The minimum Gasteiger partial charge on any atom is -0.495 e. The largest absolute Gasteiger partial charge is 0.495 e. The van der Waals surface area contributed by atoms with Crippen molar-refractivity contribution in [2.24, 2.45) is 4.99 Å². The second-order valence-corrected chi connectivity index (χ2v) is 7.24. The molecule has 27 heavy (non-hydrogen) atoms. The maximum absolute atomic E-state index is 11.4. The quantitative estimate of drug-likeness (QED) is 0.478. The molecule has 0 saturated heterocycles. The highest BCUT2D eigenvalue weighted by Crippen LogP contribution is 2.25. The number of ether oxygens (including phenoxy) is 1. The molecule has 3 N–H and O–H groups in total. The minimum absolute atomic E-state index is 0.133. The van der Waals surface area contributed by atoms with Crippen LogP contribution in [0, 0.1) is 0 Å². The van der Waals surface area contributed by atoms with Gasteiger partial charge in [-0.15, -0.1) is 11.3 Å². The number of benzene rings is 1. The number of hydrogen-bond acceptors (Lipinski definition) is 4. The number of carbonyl (C=O) groups is 1. The van der Waals surface area contributed by atoms with Gasteiger partial charge < -0.3 is 20.7 Å². The van der Waals surface area contributed by atoms with Gasteiger partial charge in [-0.25, -0.2) is 4.99 Å². The van der Waals surface area contributed by atoms with Gasteiger partial charge in [0.2, 0.25) is 5.91 Å². The van der Waals surface area contributed by atoms with Crippen LogP contribution in [-0.2, 0) is 24.3 Å². The molecule has 6 nitrogen and oxygen atoms in total. The Morgan fingerprint density at radius 2 is 1.93 bits per heavy atom. The molecule has 0 radical (unpaired) electrons. The van der Waals surface area contributed by atoms with Gasteiger partial charge in [0.1, 0.15) is 5.75 Å². The third-order valence-electron chi connectivity index (χ3n) is 3.83. The van der Waals surface area contributed by atoms with Gasteiger partial charge in [-0.3, -0.25) is 4.79 Å². The lowest BCUT2D eigenvalue weighted by molar-refractivity contribution is -0.114. The highest BCUT2D eigenvalue weighted by molar-refractivity contribution is 7.11. The lowest BCUT2D eigenvalue weighted by Crippen LogP contribution is -2.36. The van der Waals surface area contributed by atoms with E-state index in [-0.39, 0.29) is 5.91 Å². The minimum atomic E-state index is -0.133. The zero-order chi connectivity index (χ0) is 19.6. The van der Waals surface area contributed by atoms with Gasteiger partial charge in [-0.05, 0) is 43.2 Å². The highest BCUT2D eigenvalue weighted by atomic mass is 32.1. The molecule has 1 amide bonds. The predicted octanol–water partition coefficient (Wildman–Crippen LogP) is 3.53. The first kappa shape index (κ1) is 20.8. The summed E-state index contributed by atoms with van der Waals surface area (Å²) in [4.78, 5) is 18.7. The summed E-state index contributed by atoms with van der Waals surface area (Å²) in [5.74, 6) is 1.26. The number of carbonyl (C=O) groups excluding carboxylic acids is 1. The number of methoxy groups -OCH3 is 1. The first-order valence-corrected chi connectivity index (χ1v) is 9.91. The molecule has 0 spiro atoms. The molecule has 0 aliphatic rings. The molecule has 0 unspecified atom stereocenters. The van der Waals surface area contributed by atoms with Crippen LogP contribution in [0.1, 0.15) is 36.1 Å². The van der Waals surface area contributed by atoms with E-state index in [0.717, 1.165) is 31.0 Å². The Morgan fingerprint density at radius 3 is 2.56 bits per heavy atom. The first-order valence-electron chi connectivity index (χ1n) is 9.10. The second kappa shape index (κ2) is 10.6. The van der Waals surface area contributed by atoms with Gasteiger partial charge in [0.25, 0.3) is 0 Å². The number of nitrogens with one attached hydrogen (secondary N) is 3. The van der Waals surface area contributed by atoms with Crippen molar-refractivity contribution >= 4 is 28.9 Å². The van der Waals surface area contributed by atoms with E-state index >= 15 is 0 Å². The number of aryl methyl sites for hydroxylation is 1. The van der Waals surface area contributed by atoms with Crippen LogP contribution in [0.5, 0.6) is 5.75 Å². The lowest BCUT2D eigenvalue weighted by Gasteiger charge is -2.12. The van der Waals surface area contributed by atoms with E-state index in [1.165, 1.54) is 16.7 Å². The normalized spacial score (nSPS) is 11.2. The maximum atomic E-state index is 11.4. The fourth-order valence-electron chi connectivity index (χ4n) is 2.53. The topological polar surface area (TPSA) is 74.8 Å².